The Bertz CT molecular complexity index is 524. The number of hydrogen-bond donors (Lipinski definition) is 2. The van der Waals surface area contributed by atoms with Crippen molar-refractivity contribution < 1.29 is 8.42 Å². The summed E-state index contributed by atoms with van der Waals surface area (Å²) in [5, 5.41) is -0.808. The van der Waals surface area contributed by atoms with Crippen molar-refractivity contribution in [3.05, 3.63) is 35.4 Å². The van der Waals surface area contributed by atoms with Crippen LogP contribution in [-0.2, 0) is 23.0 Å². The molecule has 106 valence electrons. The lowest BCUT2D eigenvalue weighted by molar-refractivity contribution is 0.574. The molecule has 0 aliphatic rings. The molecule has 0 aliphatic carbocycles. The Morgan fingerprint density at radius 2 is 1.79 bits per heavy atom. The predicted octanol–water partition coefficient (Wildman–Crippen LogP) is 1.73. The molecule has 0 aromatic heterocycles. The maximum Gasteiger partial charge on any atom is 0.221 e. The molecule has 0 heterocycles. The highest BCUT2D eigenvalue weighted by molar-refractivity contribution is 7.93. The molecular formula is C13H20N2O2S2. The lowest BCUT2D eigenvalue weighted by Gasteiger charge is -2.15. The third-order valence-corrected chi connectivity index (χ3v) is 5.29. The van der Waals surface area contributed by atoms with Gasteiger partial charge in [0.15, 0.2) is 0 Å². The van der Waals surface area contributed by atoms with Crippen molar-refractivity contribution >= 4 is 27.2 Å². The molecule has 1 rings (SSSR count). The molecule has 0 saturated carbocycles. The number of aryl methyl sites for hydroxylation is 1. The predicted molar refractivity (Wildman–Crippen MR) is 82.4 cm³/mol. The SMILES string of the molecule is CCc1ccc(CNS(=O)(=O)C(CC)C(N)=S)cc1. The third kappa shape index (κ3) is 4.56. The molecule has 1 aromatic rings. The standard InChI is InChI=1S/C13H20N2O2S2/c1-3-10-5-7-11(8-6-10)9-15-19(16,17)12(4-2)13(14)18/h5-8,12,15H,3-4,9H2,1-2H3,(H2,14,18). The minimum Gasteiger partial charge on any atom is -0.392 e. The van der Waals surface area contributed by atoms with E-state index in [0.717, 1.165) is 12.0 Å². The van der Waals surface area contributed by atoms with Gasteiger partial charge in [-0.1, -0.05) is 50.3 Å². The lowest BCUT2D eigenvalue weighted by atomic mass is 10.1. The van der Waals surface area contributed by atoms with Gasteiger partial charge < -0.3 is 5.73 Å². The molecule has 0 radical (unpaired) electrons. The Morgan fingerprint density at radius 3 is 2.21 bits per heavy atom. The van der Waals surface area contributed by atoms with Crippen LogP contribution in [0.4, 0.5) is 0 Å². The van der Waals surface area contributed by atoms with E-state index >= 15 is 0 Å². The third-order valence-electron chi connectivity index (χ3n) is 2.97. The van der Waals surface area contributed by atoms with Crippen LogP contribution >= 0.6 is 12.2 Å². The van der Waals surface area contributed by atoms with E-state index in [9.17, 15) is 8.42 Å². The number of benzene rings is 1. The summed E-state index contributed by atoms with van der Waals surface area (Å²) in [6.07, 6.45) is 1.34. The second-order valence-electron chi connectivity index (χ2n) is 4.34. The molecule has 0 saturated heterocycles. The molecule has 1 aromatic carbocycles. The van der Waals surface area contributed by atoms with Gasteiger partial charge in [-0.3, -0.25) is 0 Å². The van der Waals surface area contributed by atoms with E-state index < -0.39 is 15.3 Å². The Labute approximate surface area is 120 Å². The Morgan fingerprint density at radius 1 is 1.26 bits per heavy atom. The quantitative estimate of drug-likeness (QED) is 0.752. The van der Waals surface area contributed by atoms with E-state index in [1.807, 2.05) is 24.3 Å². The molecule has 0 fully saturated rings. The summed E-state index contributed by atoms with van der Waals surface area (Å²) in [7, 11) is -3.50. The largest absolute Gasteiger partial charge is 0.392 e. The van der Waals surface area contributed by atoms with Crippen molar-refractivity contribution in [1.29, 1.82) is 0 Å². The van der Waals surface area contributed by atoms with Crippen LogP contribution in [0.5, 0.6) is 0 Å². The zero-order valence-electron chi connectivity index (χ0n) is 11.2. The second-order valence-corrected chi connectivity index (χ2v) is 6.75. The van der Waals surface area contributed by atoms with E-state index in [-0.39, 0.29) is 11.5 Å². The first kappa shape index (κ1) is 16.1. The first-order chi connectivity index (χ1) is 8.90. The Balaban J connectivity index is 2.71. The monoisotopic (exact) mass is 300 g/mol. The van der Waals surface area contributed by atoms with E-state index in [2.05, 4.69) is 11.6 Å². The van der Waals surface area contributed by atoms with Gasteiger partial charge in [0.2, 0.25) is 10.0 Å². The Hall–Kier alpha value is -0.980. The Kier molecular flexibility index (Phi) is 5.90. The van der Waals surface area contributed by atoms with Crippen molar-refractivity contribution in [3.63, 3.8) is 0 Å². The average Bonchev–Trinajstić information content (AvgIpc) is 2.37. The number of nitrogens with two attached hydrogens (primary N) is 1. The van der Waals surface area contributed by atoms with Crippen LogP contribution in [0.15, 0.2) is 24.3 Å². The molecule has 1 unspecified atom stereocenters. The smallest absolute Gasteiger partial charge is 0.221 e. The summed E-state index contributed by atoms with van der Waals surface area (Å²) >= 11 is 4.79. The van der Waals surface area contributed by atoms with Crippen LogP contribution in [0.2, 0.25) is 0 Å². The minimum atomic E-state index is -3.50. The van der Waals surface area contributed by atoms with Crippen molar-refractivity contribution in [2.45, 2.75) is 38.5 Å². The van der Waals surface area contributed by atoms with E-state index in [1.165, 1.54) is 5.56 Å². The van der Waals surface area contributed by atoms with Gasteiger partial charge in [-0.2, -0.15) is 0 Å². The van der Waals surface area contributed by atoms with Gasteiger partial charge in [-0.05, 0) is 24.0 Å². The molecule has 1 atom stereocenters. The molecule has 19 heavy (non-hydrogen) atoms. The van der Waals surface area contributed by atoms with E-state index in [4.69, 9.17) is 18.0 Å². The van der Waals surface area contributed by atoms with Crippen LogP contribution < -0.4 is 10.5 Å². The summed E-state index contributed by atoms with van der Waals surface area (Å²) in [6, 6.07) is 7.83. The topological polar surface area (TPSA) is 72.2 Å². The van der Waals surface area contributed by atoms with Gasteiger partial charge in [-0.15, -0.1) is 0 Å². The summed E-state index contributed by atoms with van der Waals surface area (Å²) in [5.41, 5.74) is 7.59. The van der Waals surface area contributed by atoms with E-state index in [0.29, 0.717) is 6.42 Å². The molecule has 0 aliphatic heterocycles. The molecule has 0 spiro atoms. The zero-order chi connectivity index (χ0) is 14.5. The summed E-state index contributed by atoms with van der Waals surface area (Å²) in [6.45, 7) is 4.08. The van der Waals surface area contributed by atoms with Gasteiger partial charge in [-0.25, -0.2) is 13.1 Å². The maximum absolute atomic E-state index is 12.0. The van der Waals surface area contributed by atoms with Crippen molar-refractivity contribution in [2.75, 3.05) is 0 Å². The van der Waals surface area contributed by atoms with Crippen LogP contribution in [-0.4, -0.2) is 18.7 Å². The van der Waals surface area contributed by atoms with Gasteiger partial charge in [0.05, 0.1) is 4.99 Å². The number of hydrogen-bond acceptors (Lipinski definition) is 3. The molecule has 6 heteroatoms. The average molecular weight is 300 g/mol. The molecule has 0 bridgehead atoms. The first-order valence-electron chi connectivity index (χ1n) is 6.26. The normalized spacial score (nSPS) is 13.2. The van der Waals surface area contributed by atoms with Crippen molar-refractivity contribution in [2.24, 2.45) is 5.73 Å². The summed E-state index contributed by atoms with van der Waals surface area (Å²) < 4.78 is 26.6. The summed E-state index contributed by atoms with van der Waals surface area (Å²) in [5.74, 6) is 0. The fourth-order valence-corrected chi connectivity index (χ4v) is 3.61. The second kappa shape index (κ2) is 6.98. The number of thiocarbonyl (C=S) groups is 1. The van der Waals surface area contributed by atoms with Crippen molar-refractivity contribution in [1.82, 2.24) is 4.72 Å². The molecular weight excluding hydrogens is 280 g/mol. The van der Waals surface area contributed by atoms with Crippen LogP contribution in [0.25, 0.3) is 0 Å². The number of rotatable bonds is 7. The maximum atomic E-state index is 12.0. The molecule has 4 nitrogen and oxygen atoms in total. The van der Waals surface area contributed by atoms with Crippen LogP contribution in [0.1, 0.15) is 31.4 Å². The molecule has 3 N–H and O–H groups in total. The van der Waals surface area contributed by atoms with E-state index in [1.54, 1.807) is 6.92 Å². The van der Waals surface area contributed by atoms with Gasteiger partial charge in [0.1, 0.15) is 5.25 Å². The minimum absolute atomic E-state index is 0.0105. The summed E-state index contributed by atoms with van der Waals surface area (Å²) in [4.78, 5) is 0.0105. The lowest BCUT2D eigenvalue weighted by Crippen LogP contribution is -2.41. The fourth-order valence-electron chi connectivity index (χ4n) is 1.75. The highest BCUT2D eigenvalue weighted by Gasteiger charge is 2.25. The molecule has 0 amide bonds. The number of sulfonamides is 1. The zero-order valence-corrected chi connectivity index (χ0v) is 12.9. The first-order valence-corrected chi connectivity index (χ1v) is 8.21. The van der Waals surface area contributed by atoms with Gasteiger partial charge in [0.25, 0.3) is 0 Å². The van der Waals surface area contributed by atoms with Crippen LogP contribution in [0, 0.1) is 0 Å². The fraction of sp³-hybridized carbons (Fsp3) is 0.462. The van der Waals surface area contributed by atoms with Gasteiger partial charge in [0, 0.05) is 6.54 Å². The van der Waals surface area contributed by atoms with Crippen molar-refractivity contribution in [3.8, 4) is 0 Å². The highest BCUT2D eigenvalue weighted by atomic mass is 32.2. The number of nitrogens with one attached hydrogen (secondary N) is 1. The highest BCUT2D eigenvalue weighted by Crippen LogP contribution is 2.08. The van der Waals surface area contributed by atoms with Gasteiger partial charge >= 0.3 is 0 Å². The van der Waals surface area contributed by atoms with Crippen LogP contribution in [0.3, 0.4) is 0 Å².